The molecule has 0 fully saturated rings. The predicted octanol–water partition coefficient (Wildman–Crippen LogP) is 3.60. The Morgan fingerprint density at radius 3 is 2.14 bits per heavy atom. The summed E-state index contributed by atoms with van der Waals surface area (Å²) in [5.74, 6) is -2.99. The third-order valence-corrected chi connectivity index (χ3v) is 4.25. The first-order chi connectivity index (χ1) is 9.54. The van der Waals surface area contributed by atoms with Crippen LogP contribution in [-0.4, -0.2) is 27.4 Å². The molecule has 0 saturated carbocycles. The van der Waals surface area contributed by atoms with E-state index < -0.39 is 34.5 Å². The van der Waals surface area contributed by atoms with Gasteiger partial charge in [0.2, 0.25) is 0 Å². The summed E-state index contributed by atoms with van der Waals surface area (Å²) in [6.07, 6.45) is -4.66. The molecule has 1 unspecified atom stereocenters. The predicted molar refractivity (Wildman–Crippen MR) is 70.5 cm³/mol. The smallest absolute Gasteiger partial charge is 0.416 e. The molecule has 1 aromatic carbocycles. The number of aliphatic carboxylic acids is 1. The van der Waals surface area contributed by atoms with Crippen LogP contribution in [0.25, 0.3) is 0 Å². The molecule has 21 heavy (non-hydrogen) atoms. The number of hydrogen-bond acceptors (Lipinski definition) is 3. The van der Waals surface area contributed by atoms with E-state index in [1.807, 2.05) is 0 Å². The molecular weight excluding hydrogens is 309 g/mol. The maximum atomic E-state index is 12.6. The van der Waals surface area contributed by atoms with E-state index in [-0.39, 0.29) is 10.8 Å². The van der Waals surface area contributed by atoms with E-state index in [1.165, 1.54) is 0 Å². The summed E-state index contributed by atoms with van der Waals surface area (Å²) in [5, 5.41) is 17.1. The fourth-order valence-electron chi connectivity index (χ4n) is 1.58. The van der Waals surface area contributed by atoms with E-state index in [0.29, 0.717) is 6.07 Å². The maximum absolute atomic E-state index is 12.6. The number of carboxylic acid groups (broad SMARTS) is 2. The fraction of sp³-hybridized carbons (Fsp3) is 0.385. The van der Waals surface area contributed by atoms with Crippen LogP contribution < -0.4 is 0 Å². The number of benzene rings is 1. The summed E-state index contributed by atoms with van der Waals surface area (Å²) >= 11 is 0.731. The van der Waals surface area contributed by atoms with Gasteiger partial charge in [0.25, 0.3) is 0 Å². The highest BCUT2D eigenvalue weighted by Crippen LogP contribution is 2.36. The van der Waals surface area contributed by atoms with Gasteiger partial charge in [-0.05, 0) is 24.1 Å². The number of halogens is 3. The lowest BCUT2D eigenvalue weighted by Gasteiger charge is -2.17. The van der Waals surface area contributed by atoms with Crippen molar-refractivity contribution in [2.75, 3.05) is 0 Å². The first kappa shape index (κ1) is 17.4. The van der Waals surface area contributed by atoms with Crippen LogP contribution in [0.15, 0.2) is 23.1 Å². The Morgan fingerprint density at radius 1 is 1.19 bits per heavy atom. The van der Waals surface area contributed by atoms with Crippen LogP contribution in [0.2, 0.25) is 0 Å². The van der Waals surface area contributed by atoms with Crippen LogP contribution in [0.5, 0.6) is 0 Å². The number of carboxylic acids is 2. The zero-order valence-electron chi connectivity index (χ0n) is 11.1. The van der Waals surface area contributed by atoms with Crippen molar-refractivity contribution < 1.29 is 33.0 Å². The summed E-state index contributed by atoms with van der Waals surface area (Å²) in [7, 11) is 0. The van der Waals surface area contributed by atoms with Crippen LogP contribution >= 0.6 is 11.8 Å². The van der Waals surface area contributed by atoms with Crippen molar-refractivity contribution in [3.63, 3.8) is 0 Å². The van der Waals surface area contributed by atoms with Crippen LogP contribution in [0.4, 0.5) is 13.2 Å². The maximum Gasteiger partial charge on any atom is 0.416 e. The first-order valence-electron chi connectivity index (χ1n) is 5.88. The van der Waals surface area contributed by atoms with Gasteiger partial charge in [0, 0.05) is 4.90 Å². The zero-order valence-corrected chi connectivity index (χ0v) is 12.0. The second kappa shape index (κ2) is 6.38. The van der Waals surface area contributed by atoms with Gasteiger partial charge in [0.15, 0.2) is 0 Å². The van der Waals surface area contributed by atoms with Crippen LogP contribution in [0.3, 0.4) is 0 Å². The Bertz CT molecular complexity index is 555. The Hall–Kier alpha value is -1.70. The van der Waals surface area contributed by atoms with Gasteiger partial charge in [-0.15, -0.1) is 11.8 Å². The molecule has 116 valence electrons. The van der Waals surface area contributed by atoms with E-state index in [0.717, 1.165) is 23.9 Å². The van der Waals surface area contributed by atoms with E-state index in [4.69, 9.17) is 10.2 Å². The lowest BCUT2D eigenvalue weighted by atomic mass is 10.1. The van der Waals surface area contributed by atoms with Crippen molar-refractivity contribution in [1.82, 2.24) is 0 Å². The van der Waals surface area contributed by atoms with Crippen molar-refractivity contribution in [1.29, 1.82) is 0 Å². The van der Waals surface area contributed by atoms with Crippen molar-refractivity contribution in [3.05, 3.63) is 29.3 Å². The minimum absolute atomic E-state index is 0.00315. The minimum atomic E-state index is -4.66. The summed E-state index contributed by atoms with van der Waals surface area (Å²) in [4.78, 5) is 22.2. The van der Waals surface area contributed by atoms with Crippen molar-refractivity contribution in [2.45, 2.75) is 30.2 Å². The molecule has 0 amide bonds. The molecule has 0 aliphatic carbocycles. The standard InChI is InChI=1S/C13H13F3O4S/c1-6(2)10(12(19)20)21-9-4-3-7(13(14,15)16)5-8(9)11(17)18/h3-6,10H,1-2H3,(H,17,18)(H,19,20). The molecule has 8 heteroatoms. The van der Waals surface area contributed by atoms with E-state index in [9.17, 15) is 22.8 Å². The van der Waals surface area contributed by atoms with E-state index in [2.05, 4.69) is 0 Å². The average Bonchev–Trinajstić information content (AvgIpc) is 2.33. The van der Waals surface area contributed by atoms with Gasteiger partial charge in [0.05, 0.1) is 11.1 Å². The molecule has 1 atom stereocenters. The highest BCUT2D eigenvalue weighted by atomic mass is 32.2. The molecule has 0 aromatic heterocycles. The molecule has 0 aliphatic rings. The SMILES string of the molecule is CC(C)C(Sc1ccc(C(F)(F)F)cc1C(=O)O)C(=O)O. The van der Waals surface area contributed by atoms with Gasteiger partial charge < -0.3 is 10.2 Å². The van der Waals surface area contributed by atoms with Gasteiger partial charge in [-0.2, -0.15) is 13.2 Å². The lowest BCUT2D eigenvalue weighted by Crippen LogP contribution is -2.22. The normalized spacial score (nSPS) is 13.2. The molecular formula is C13H13F3O4S. The molecule has 0 saturated heterocycles. The van der Waals surface area contributed by atoms with E-state index in [1.54, 1.807) is 13.8 Å². The second-order valence-electron chi connectivity index (χ2n) is 4.63. The third kappa shape index (κ3) is 4.38. The Morgan fingerprint density at radius 2 is 1.76 bits per heavy atom. The molecule has 1 aromatic rings. The number of thioether (sulfide) groups is 1. The first-order valence-corrected chi connectivity index (χ1v) is 6.76. The molecule has 0 aliphatic heterocycles. The molecule has 0 radical (unpaired) electrons. The van der Waals surface area contributed by atoms with Gasteiger partial charge in [-0.25, -0.2) is 4.79 Å². The van der Waals surface area contributed by atoms with Crippen LogP contribution in [-0.2, 0) is 11.0 Å². The second-order valence-corrected chi connectivity index (χ2v) is 5.82. The van der Waals surface area contributed by atoms with Crippen LogP contribution in [0, 0.1) is 5.92 Å². The van der Waals surface area contributed by atoms with Crippen molar-refractivity contribution >= 4 is 23.7 Å². The molecule has 0 heterocycles. The molecule has 2 N–H and O–H groups in total. The molecule has 0 bridgehead atoms. The average molecular weight is 322 g/mol. The van der Waals surface area contributed by atoms with Gasteiger partial charge in [-0.1, -0.05) is 13.8 Å². The van der Waals surface area contributed by atoms with E-state index >= 15 is 0 Å². The largest absolute Gasteiger partial charge is 0.480 e. The van der Waals surface area contributed by atoms with Gasteiger partial charge in [0.1, 0.15) is 5.25 Å². The van der Waals surface area contributed by atoms with Crippen molar-refractivity contribution in [2.24, 2.45) is 5.92 Å². The zero-order chi connectivity index (χ0) is 16.4. The summed E-state index contributed by atoms with van der Waals surface area (Å²) in [6, 6.07) is 2.26. The number of alkyl halides is 3. The Balaban J connectivity index is 3.24. The number of hydrogen-bond donors (Lipinski definition) is 2. The lowest BCUT2D eigenvalue weighted by molar-refractivity contribution is -0.138. The molecule has 4 nitrogen and oxygen atoms in total. The number of aromatic carboxylic acids is 1. The quantitative estimate of drug-likeness (QED) is 0.810. The van der Waals surface area contributed by atoms with Gasteiger partial charge >= 0.3 is 18.1 Å². The third-order valence-electron chi connectivity index (χ3n) is 2.64. The highest BCUT2D eigenvalue weighted by Gasteiger charge is 2.32. The number of carbonyl (C=O) groups is 2. The minimum Gasteiger partial charge on any atom is -0.480 e. The van der Waals surface area contributed by atoms with Crippen LogP contribution in [0.1, 0.15) is 29.8 Å². The topological polar surface area (TPSA) is 74.6 Å². The summed E-state index contributed by atoms with van der Waals surface area (Å²) in [6.45, 7) is 3.27. The van der Waals surface area contributed by atoms with Crippen molar-refractivity contribution in [3.8, 4) is 0 Å². The summed E-state index contributed by atoms with van der Waals surface area (Å²) < 4.78 is 37.8. The Labute approximate surface area is 123 Å². The highest BCUT2D eigenvalue weighted by molar-refractivity contribution is 8.00. The van der Waals surface area contributed by atoms with Gasteiger partial charge in [-0.3, -0.25) is 4.79 Å². The fourth-order valence-corrected chi connectivity index (χ4v) is 2.65. The molecule has 1 rings (SSSR count). The number of rotatable bonds is 5. The molecule has 0 spiro atoms. The Kier molecular flexibility index (Phi) is 5.27. The summed E-state index contributed by atoms with van der Waals surface area (Å²) in [5.41, 5.74) is -1.64. The monoisotopic (exact) mass is 322 g/mol.